The fourth-order valence-electron chi connectivity index (χ4n) is 4.68. The Hall–Kier alpha value is -3.39. The lowest BCUT2D eigenvalue weighted by molar-refractivity contribution is -0.131. The molecule has 1 aliphatic heterocycles. The number of halogens is 1. The zero-order valence-corrected chi connectivity index (χ0v) is 24.8. The number of carbonyl (C=O) groups excluding carboxylic acids is 1. The first-order valence-corrected chi connectivity index (χ1v) is 15.2. The Balaban J connectivity index is 1.38. The van der Waals surface area contributed by atoms with Crippen molar-refractivity contribution in [3.8, 4) is 5.75 Å². The zero-order chi connectivity index (χ0) is 29.1. The fourth-order valence-corrected chi connectivity index (χ4v) is 5.79. The quantitative estimate of drug-likeness (QED) is 0.273. The third-order valence-electron chi connectivity index (χ3n) is 7.12. The van der Waals surface area contributed by atoms with Crippen LogP contribution < -0.4 is 9.46 Å². The molecular formula is C32H39FN2O4S. The number of anilines is 1. The van der Waals surface area contributed by atoms with Crippen molar-refractivity contribution < 1.29 is 22.3 Å². The summed E-state index contributed by atoms with van der Waals surface area (Å²) in [5, 5.41) is 0. The van der Waals surface area contributed by atoms with E-state index >= 15 is 0 Å². The summed E-state index contributed by atoms with van der Waals surface area (Å²) in [5.74, 6) is 0.196. The lowest BCUT2D eigenvalue weighted by Crippen LogP contribution is -2.26. The van der Waals surface area contributed by atoms with Crippen LogP contribution in [0.25, 0.3) is 0 Å². The van der Waals surface area contributed by atoms with Gasteiger partial charge in [0.05, 0.1) is 23.6 Å². The molecule has 4 rings (SSSR count). The second kappa shape index (κ2) is 12.0. The minimum absolute atomic E-state index is 0.0178. The van der Waals surface area contributed by atoms with Gasteiger partial charge < -0.3 is 9.64 Å². The van der Waals surface area contributed by atoms with Gasteiger partial charge in [0.2, 0.25) is 5.91 Å². The van der Waals surface area contributed by atoms with Crippen molar-refractivity contribution in [1.29, 1.82) is 0 Å². The molecule has 3 aromatic rings. The Morgan fingerprint density at radius 2 is 1.70 bits per heavy atom. The second-order valence-electron chi connectivity index (χ2n) is 11.9. The van der Waals surface area contributed by atoms with Gasteiger partial charge in [-0.1, -0.05) is 65.0 Å². The molecule has 0 atom stereocenters. The molecule has 1 aliphatic rings. The van der Waals surface area contributed by atoms with Gasteiger partial charge >= 0.3 is 0 Å². The molecule has 0 unspecified atom stereocenters. The van der Waals surface area contributed by atoms with Crippen LogP contribution in [0.2, 0.25) is 0 Å². The lowest BCUT2D eigenvalue weighted by atomic mass is 9.86. The first-order valence-electron chi connectivity index (χ1n) is 13.8. The molecule has 214 valence electrons. The van der Waals surface area contributed by atoms with Crippen LogP contribution in [0.15, 0.2) is 65.6 Å². The van der Waals surface area contributed by atoms with Crippen LogP contribution in [-0.2, 0) is 39.7 Å². The number of amides is 1. The molecule has 0 saturated carbocycles. The Morgan fingerprint density at radius 1 is 1.00 bits per heavy atom. The molecule has 0 radical (unpaired) electrons. The minimum atomic E-state index is -4.04. The second-order valence-corrected chi connectivity index (χ2v) is 13.6. The third-order valence-corrected chi connectivity index (χ3v) is 8.48. The molecule has 6 nitrogen and oxygen atoms in total. The van der Waals surface area contributed by atoms with Crippen LogP contribution in [0.5, 0.6) is 5.75 Å². The number of nitrogens with zero attached hydrogens (tertiary/aromatic N) is 1. The summed E-state index contributed by atoms with van der Waals surface area (Å²) in [4.78, 5) is 14.8. The topological polar surface area (TPSA) is 75.7 Å². The number of carbonyl (C=O) groups is 1. The molecule has 0 bridgehead atoms. The number of nitrogens with one attached hydrogen (secondary N) is 1. The fraction of sp³-hybridized carbons (Fsp3) is 0.406. The van der Waals surface area contributed by atoms with Crippen molar-refractivity contribution in [1.82, 2.24) is 4.90 Å². The highest BCUT2D eigenvalue weighted by Gasteiger charge is 2.26. The molecule has 0 aromatic heterocycles. The van der Waals surface area contributed by atoms with Crippen molar-refractivity contribution in [2.75, 3.05) is 11.3 Å². The summed E-state index contributed by atoms with van der Waals surface area (Å²) in [6.07, 6.45) is 2.15. The molecule has 3 aromatic carbocycles. The van der Waals surface area contributed by atoms with E-state index in [2.05, 4.69) is 51.5 Å². The van der Waals surface area contributed by atoms with Crippen LogP contribution in [0.1, 0.15) is 69.7 Å². The van der Waals surface area contributed by atoms with Crippen molar-refractivity contribution in [2.45, 2.75) is 77.3 Å². The summed E-state index contributed by atoms with van der Waals surface area (Å²) >= 11 is 0. The normalized spacial score (nSPS) is 13.4. The van der Waals surface area contributed by atoms with Crippen molar-refractivity contribution in [3.05, 3.63) is 88.7 Å². The minimum Gasteiger partial charge on any atom is -0.493 e. The molecule has 0 saturated heterocycles. The molecule has 1 heterocycles. The van der Waals surface area contributed by atoms with Gasteiger partial charge in [-0.25, -0.2) is 12.8 Å². The van der Waals surface area contributed by atoms with Gasteiger partial charge in [0.25, 0.3) is 10.0 Å². The van der Waals surface area contributed by atoms with E-state index in [-0.39, 0.29) is 28.3 Å². The highest BCUT2D eigenvalue weighted by molar-refractivity contribution is 7.92. The lowest BCUT2D eigenvalue weighted by Gasteiger charge is -2.19. The Labute approximate surface area is 237 Å². The molecule has 40 heavy (non-hydrogen) atoms. The largest absolute Gasteiger partial charge is 0.493 e. The highest BCUT2D eigenvalue weighted by Crippen LogP contribution is 2.29. The van der Waals surface area contributed by atoms with Crippen LogP contribution in [-0.4, -0.2) is 25.8 Å². The number of sulfonamides is 1. The van der Waals surface area contributed by atoms with Crippen molar-refractivity contribution in [2.24, 2.45) is 5.92 Å². The van der Waals surface area contributed by atoms with Gasteiger partial charge in [-0.2, -0.15) is 0 Å². The maximum atomic E-state index is 14.7. The predicted molar refractivity (Wildman–Crippen MR) is 156 cm³/mol. The summed E-state index contributed by atoms with van der Waals surface area (Å²) in [7, 11) is -4.04. The van der Waals surface area contributed by atoms with Crippen LogP contribution >= 0.6 is 0 Å². The number of ether oxygens (including phenoxy) is 1. The van der Waals surface area contributed by atoms with Gasteiger partial charge in [0.1, 0.15) is 5.75 Å². The monoisotopic (exact) mass is 566 g/mol. The van der Waals surface area contributed by atoms with E-state index < -0.39 is 15.8 Å². The highest BCUT2D eigenvalue weighted by atomic mass is 32.2. The summed E-state index contributed by atoms with van der Waals surface area (Å²) in [6.45, 7) is 11.9. The Kier molecular flexibility index (Phi) is 8.88. The number of hydrogen-bond acceptors (Lipinski definition) is 4. The summed E-state index contributed by atoms with van der Waals surface area (Å²) < 4.78 is 48.8. The number of fused-ring (bicyclic) bond motifs is 1. The number of hydrogen-bond donors (Lipinski definition) is 1. The molecule has 1 amide bonds. The average molecular weight is 567 g/mol. The predicted octanol–water partition coefficient (Wildman–Crippen LogP) is 6.82. The van der Waals surface area contributed by atoms with E-state index in [0.717, 1.165) is 29.5 Å². The maximum Gasteiger partial charge on any atom is 0.261 e. The molecular weight excluding hydrogens is 527 g/mol. The molecule has 0 aliphatic carbocycles. The van der Waals surface area contributed by atoms with E-state index in [1.807, 2.05) is 12.1 Å². The Bertz CT molecular complexity index is 1460. The van der Waals surface area contributed by atoms with E-state index in [9.17, 15) is 17.6 Å². The summed E-state index contributed by atoms with van der Waals surface area (Å²) in [6, 6.07) is 17.0. The van der Waals surface area contributed by atoms with Gasteiger partial charge in [0, 0.05) is 19.2 Å². The van der Waals surface area contributed by atoms with Gasteiger partial charge in [-0.3, -0.25) is 9.52 Å². The van der Waals surface area contributed by atoms with E-state index in [4.69, 9.17) is 4.74 Å². The number of rotatable bonds is 10. The van der Waals surface area contributed by atoms with Crippen LogP contribution in [0.3, 0.4) is 0 Å². The molecule has 8 heteroatoms. The zero-order valence-electron chi connectivity index (χ0n) is 24.0. The van der Waals surface area contributed by atoms with Crippen molar-refractivity contribution >= 4 is 21.6 Å². The van der Waals surface area contributed by atoms with E-state index in [1.165, 1.54) is 23.8 Å². The van der Waals surface area contributed by atoms with Gasteiger partial charge in [-0.15, -0.1) is 0 Å². The van der Waals surface area contributed by atoms with Crippen LogP contribution in [0, 0.1) is 11.7 Å². The van der Waals surface area contributed by atoms with Gasteiger partial charge in [0.15, 0.2) is 5.82 Å². The molecule has 0 spiro atoms. The smallest absolute Gasteiger partial charge is 0.261 e. The van der Waals surface area contributed by atoms with Crippen molar-refractivity contribution in [3.63, 3.8) is 0 Å². The number of benzene rings is 3. The first kappa shape index (κ1) is 29.6. The third kappa shape index (κ3) is 7.42. The molecule has 0 fully saturated rings. The standard InChI is InChI=1S/C32H39FN2O4S/c1-22(2)7-6-16-39-27-13-15-30(29(33)19-27)34-40(37,38)28-14-10-24-20-35(21-25(24)18-28)31(36)17-23-8-11-26(12-9-23)32(3,4)5/h8-15,18-19,22,34H,6-7,16-17,20-21H2,1-5H3. The average Bonchev–Trinajstić information content (AvgIpc) is 3.32. The van der Waals surface area contributed by atoms with E-state index in [0.29, 0.717) is 31.4 Å². The SMILES string of the molecule is CC(C)CCCOc1ccc(NS(=O)(=O)c2ccc3c(c2)CN(C(=O)Cc2ccc(C(C)(C)C)cc2)C3)c(F)c1. The molecule has 1 N–H and O–H groups in total. The van der Waals surface area contributed by atoms with Crippen LogP contribution in [0.4, 0.5) is 10.1 Å². The van der Waals surface area contributed by atoms with Gasteiger partial charge in [-0.05, 0) is 70.7 Å². The van der Waals surface area contributed by atoms with E-state index in [1.54, 1.807) is 23.1 Å². The summed E-state index contributed by atoms with van der Waals surface area (Å²) in [5.41, 5.74) is 3.72. The Morgan fingerprint density at radius 3 is 2.35 bits per heavy atom. The maximum absolute atomic E-state index is 14.7. The first-order chi connectivity index (χ1) is 18.8.